The molecule has 84 valence electrons. The van der Waals surface area contributed by atoms with Gasteiger partial charge in [-0.1, -0.05) is 11.3 Å². The fraction of sp³-hybridized carbons (Fsp3) is 0.455. The van der Waals surface area contributed by atoms with Gasteiger partial charge in [-0.2, -0.15) is 0 Å². The topological polar surface area (TPSA) is 77.0 Å². The Labute approximate surface area is 92.9 Å². The van der Waals surface area contributed by atoms with Crippen molar-refractivity contribution in [1.82, 2.24) is 15.0 Å². The van der Waals surface area contributed by atoms with Crippen molar-refractivity contribution in [3.63, 3.8) is 0 Å². The van der Waals surface area contributed by atoms with Crippen molar-refractivity contribution in [3.05, 3.63) is 23.8 Å². The Morgan fingerprint density at radius 2 is 2.31 bits per heavy atom. The number of hydrogen-bond donors (Lipinski definition) is 2. The maximum atomic E-state index is 9.04. The highest BCUT2D eigenvalue weighted by Gasteiger charge is 2.26. The van der Waals surface area contributed by atoms with E-state index in [9.17, 15) is 0 Å². The molecule has 1 aliphatic carbocycles. The van der Waals surface area contributed by atoms with Crippen LogP contribution in [0.4, 0.5) is 0 Å². The van der Waals surface area contributed by atoms with Gasteiger partial charge in [0, 0.05) is 0 Å². The van der Waals surface area contributed by atoms with E-state index in [0.29, 0.717) is 6.04 Å². The van der Waals surface area contributed by atoms with E-state index in [-0.39, 0.29) is 12.6 Å². The van der Waals surface area contributed by atoms with E-state index in [1.54, 1.807) is 0 Å². The lowest BCUT2D eigenvalue weighted by Gasteiger charge is -2.08. The van der Waals surface area contributed by atoms with Crippen molar-refractivity contribution in [2.75, 3.05) is 6.61 Å². The third-order valence-corrected chi connectivity index (χ3v) is 3.01. The maximum Gasteiger partial charge on any atom is 0.113 e. The molecular formula is C11H14N4O. The van der Waals surface area contributed by atoms with Gasteiger partial charge in [0.15, 0.2) is 0 Å². The van der Waals surface area contributed by atoms with Crippen LogP contribution in [0.2, 0.25) is 0 Å². The summed E-state index contributed by atoms with van der Waals surface area (Å²) in [6.07, 6.45) is 2.35. The fourth-order valence-electron chi connectivity index (χ4n) is 1.88. The first-order valence-electron chi connectivity index (χ1n) is 5.51. The highest BCUT2D eigenvalue weighted by atomic mass is 16.3. The molecule has 0 saturated heterocycles. The molecule has 0 spiro atoms. The molecule has 1 aliphatic rings. The summed E-state index contributed by atoms with van der Waals surface area (Å²) < 4.78 is 1.96. The third-order valence-electron chi connectivity index (χ3n) is 3.01. The van der Waals surface area contributed by atoms with Gasteiger partial charge in [-0.05, 0) is 30.5 Å². The number of benzene rings is 1. The van der Waals surface area contributed by atoms with E-state index in [1.165, 1.54) is 12.8 Å². The summed E-state index contributed by atoms with van der Waals surface area (Å²) in [5, 5.41) is 17.3. The Morgan fingerprint density at radius 3 is 3.00 bits per heavy atom. The standard InChI is InChI=1S/C11H14N4O/c12-9(6-16)7-1-4-10-11(5-7)15(14-13-10)8-2-3-8/h1,4-5,8-9,16H,2-3,6,12H2. The number of aliphatic hydroxyl groups excluding tert-OH is 1. The van der Waals surface area contributed by atoms with Gasteiger partial charge in [-0.3, -0.25) is 0 Å². The molecule has 0 amide bonds. The van der Waals surface area contributed by atoms with Gasteiger partial charge in [0.2, 0.25) is 0 Å². The largest absolute Gasteiger partial charge is 0.394 e. The van der Waals surface area contributed by atoms with Crippen LogP contribution in [-0.2, 0) is 0 Å². The van der Waals surface area contributed by atoms with Gasteiger partial charge in [-0.25, -0.2) is 4.68 Å². The predicted molar refractivity (Wildman–Crippen MR) is 59.8 cm³/mol. The summed E-state index contributed by atoms with van der Waals surface area (Å²) in [6.45, 7) is -0.0451. The van der Waals surface area contributed by atoms with Crippen molar-refractivity contribution in [2.24, 2.45) is 5.73 Å². The molecule has 1 fully saturated rings. The maximum absolute atomic E-state index is 9.04. The van der Waals surface area contributed by atoms with Crippen LogP contribution in [0.25, 0.3) is 11.0 Å². The molecule has 1 heterocycles. The first-order valence-corrected chi connectivity index (χ1v) is 5.51. The lowest BCUT2D eigenvalue weighted by molar-refractivity contribution is 0.268. The zero-order valence-corrected chi connectivity index (χ0v) is 8.87. The molecule has 3 rings (SSSR count). The van der Waals surface area contributed by atoms with E-state index in [1.807, 2.05) is 22.9 Å². The molecule has 1 unspecified atom stereocenters. The average molecular weight is 218 g/mol. The van der Waals surface area contributed by atoms with Crippen LogP contribution in [0.1, 0.15) is 30.5 Å². The highest BCUT2D eigenvalue weighted by Crippen LogP contribution is 2.36. The van der Waals surface area contributed by atoms with E-state index in [0.717, 1.165) is 16.6 Å². The van der Waals surface area contributed by atoms with E-state index in [4.69, 9.17) is 10.8 Å². The second kappa shape index (κ2) is 3.54. The van der Waals surface area contributed by atoms with Crippen LogP contribution < -0.4 is 5.73 Å². The minimum atomic E-state index is -0.327. The Morgan fingerprint density at radius 1 is 1.50 bits per heavy atom. The molecule has 0 bridgehead atoms. The Kier molecular flexibility index (Phi) is 2.15. The van der Waals surface area contributed by atoms with Crippen LogP contribution >= 0.6 is 0 Å². The second-order valence-corrected chi connectivity index (χ2v) is 4.30. The molecule has 1 aromatic carbocycles. The summed E-state index contributed by atoms with van der Waals surface area (Å²) in [5.41, 5.74) is 8.63. The number of aliphatic hydroxyl groups is 1. The second-order valence-electron chi connectivity index (χ2n) is 4.30. The molecule has 1 saturated carbocycles. The minimum Gasteiger partial charge on any atom is -0.394 e. The Hall–Kier alpha value is -1.46. The molecule has 1 atom stereocenters. The molecule has 5 nitrogen and oxygen atoms in total. The fourth-order valence-corrected chi connectivity index (χ4v) is 1.88. The van der Waals surface area contributed by atoms with Crippen molar-refractivity contribution in [2.45, 2.75) is 24.9 Å². The van der Waals surface area contributed by atoms with Gasteiger partial charge < -0.3 is 10.8 Å². The number of nitrogens with two attached hydrogens (primary N) is 1. The van der Waals surface area contributed by atoms with Crippen molar-refractivity contribution < 1.29 is 5.11 Å². The third kappa shape index (κ3) is 1.48. The normalized spacial score (nSPS) is 17.9. The van der Waals surface area contributed by atoms with Crippen LogP contribution in [0, 0.1) is 0 Å². The van der Waals surface area contributed by atoms with Crippen molar-refractivity contribution in [3.8, 4) is 0 Å². The van der Waals surface area contributed by atoms with E-state index < -0.39 is 0 Å². The zero-order valence-electron chi connectivity index (χ0n) is 8.87. The molecule has 5 heteroatoms. The van der Waals surface area contributed by atoms with Gasteiger partial charge in [-0.15, -0.1) is 5.10 Å². The van der Waals surface area contributed by atoms with Crippen LogP contribution in [0.5, 0.6) is 0 Å². The lowest BCUT2D eigenvalue weighted by atomic mass is 10.1. The molecule has 1 aromatic heterocycles. The predicted octanol–water partition coefficient (Wildman–Crippen LogP) is 0.758. The molecule has 16 heavy (non-hydrogen) atoms. The molecule has 2 aromatic rings. The molecular weight excluding hydrogens is 204 g/mol. The monoisotopic (exact) mass is 218 g/mol. The van der Waals surface area contributed by atoms with E-state index in [2.05, 4.69) is 10.3 Å². The average Bonchev–Trinajstić information content (AvgIpc) is 3.08. The highest BCUT2D eigenvalue weighted by molar-refractivity contribution is 5.75. The Balaban J connectivity index is 2.10. The number of rotatable bonds is 3. The first-order chi connectivity index (χ1) is 7.79. The number of fused-ring (bicyclic) bond motifs is 1. The van der Waals surface area contributed by atoms with Crippen LogP contribution in [-0.4, -0.2) is 26.7 Å². The number of hydrogen-bond acceptors (Lipinski definition) is 4. The smallest absolute Gasteiger partial charge is 0.113 e. The first kappa shape index (κ1) is 9.74. The van der Waals surface area contributed by atoms with E-state index >= 15 is 0 Å². The molecule has 0 aliphatic heterocycles. The lowest BCUT2D eigenvalue weighted by Crippen LogP contribution is -2.14. The Bertz CT molecular complexity index is 518. The van der Waals surface area contributed by atoms with Gasteiger partial charge in [0.25, 0.3) is 0 Å². The van der Waals surface area contributed by atoms with Gasteiger partial charge in [0.1, 0.15) is 5.52 Å². The summed E-state index contributed by atoms with van der Waals surface area (Å²) in [6, 6.07) is 5.97. The quantitative estimate of drug-likeness (QED) is 0.797. The van der Waals surface area contributed by atoms with Crippen molar-refractivity contribution in [1.29, 1.82) is 0 Å². The summed E-state index contributed by atoms with van der Waals surface area (Å²) in [7, 11) is 0. The summed E-state index contributed by atoms with van der Waals surface area (Å²) >= 11 is 0. The minimum absolute atomic E-state index is 0.0451. The van der Waals surface area contributed by atoms with Gasteiger partial charge >= 0.3 is 0 Å². The molecule has 0 radical (unpaired) electrons. The number of aromatic nitrogens is 3. The molecule has 3 N–H and O–H groups in total. The number of nitrogens with zero attached hydrogens (tertiary/aromatic N) is 3. The SMILES string of the molecule is NC(CO)c1ccc2nnn(C3CC3)c2c1. The summed E-state index contributed by atoms with van der Waals surface area (Å²) in [5.74, 6) is 0. The van der Waals surface area contributed by atoms with Gasteiger partial charge in [0.05, 0.1) is 24.2 Å². The van der Waals surface area contributed by atoms with Crippen LogP contribution in [0.3, 0.4) is 0 Å². The summed E-state index contributed by atoms with van der Waals surface area (Å²) in [4.78, 5) is 0. The van der Waals surface area contributed by atoms with Crippen molar-refractivity contribution >= 4 is 11.0 Å². The zero-order chi connectivity index (χ0) is 11.1. The van der Waals surface area contributed by atoms with Crippen LogP contribution in [0.15, 0.2) is 18.2 Å².